The van der Waals surface area contributed by atoms with E-state index in [-0.39, 0.29) is 36.6 Å². The molecule has 0 aromatic heterocycles. The summed E-state index contributed by atoms with van der Waals surface area (Å²) in [5.74, 6) is 0.261. The molecule has 0 aliphatic carbocycles. The summed E-state index contributed by atoms with van der Waals surface area (Å²) in [5, 5.41) is 0. The third-order valence-corrected chi connectivity index (χ3v) is 4.45. The van der Waals surface area contributed by atoms with Gasteiger partial charge in [0.25, 0.3) is 0 Å². The topological polar surface area (TPSA) is 53.7 Å². The molecule has 2 fully saturated rings. The van der Waals surface area contributed by atoms with Gasteiger partial charge in [-0.05, 0) is 13.3 Å². The molecule has 0 saturated carbocycles. The molecule has 2 heterocycles. The number of rotatable bonds is 1. The van der Waals surface area contributed by atoms with Gasteiger partial charge >= 0.3 is 0 Å². The van der Waals surface area contributed by atoms with Crippen LogP contribution in [0.1, 0.15) is 32.1 Å². The average molecular weight is 277 g/mol. The summed E-state index contributed by atoms with van der Waals surface area (Å²) in [6, 6.07) is 10.1. The van der Waals surface area contributed by atoms with Gasteiger partial charge in [-0.15, -0.1) is 0 Å². The highest BCUT2D eigenvalue weighted by Crippen LogP contribution is 2.35. The number of ether oxygens (including phenoxy) is 3. The van der Waals surface area contributed by atoms with Gasteiger partial charge in [0.2, 0.25) is 0 Å². The number of benzene rings is 1. The van der Waals surface area contributed by atoms with E-state index in [1.54, 1.807) is 0 Å². The lowest BCUT2D eigenvalue weighted by Gasteiger charge is -2.42. The maximum atomic E-state index is 6.22. The van der Waals surface area contributed by atoms with Crippen LogP contribution in [0.3, 0.4) is 0 Å². The van der Waals surface area contributed by atoms with Crippen molar-refractivity contribution in [2.45, 2.75) is 50.9 Å². The Morgan fingerprint density at radius 1 is 1.10 bits per heavy atom. The van der Waals surface area contributed by atoms with E-state index in [1.807, 2.05) is 37.3 Å². The zero-order chi connectivity index (χ0) is 14.1. The van der Waals surface area contributed by atoms with Crippen molar-refractivity contribution >= 4 is 0 Å². The van der Waals surface area contributed by atoms with Crippen molar-refractivity contribution in [2.75, 3.05) is 6.61 Å². The Kier molecular flexibility index (Phi) is 4.08. The average Bonchev–Trinajstić information content (AvgIpc) is 2.68. The standard InChI is InChI=1S/C16H23NO3/c1-10-14(17)11(2)19-13-8-9-18-16(20-15(10)13)12-6-4-3-5-7-12/h3-7,10-11,13-16H,8-9,17H2,1-2H3/t10?,11-,13?,14+,15+,16?/m1/s1. The van der Waals surface area contributed by atoms with Crippen molar-refractivity contribution in [1.29, 1.82) is 0 Å². The molecule has 0 radical (unpaired) electrons. The molecule has 110 valence electrons. The number of hydrogen-bond donors (Lipinski definition) is 1. The third-order valence-electron chi connectivity index (χ3n) is 4.45. The normalized spacial score (nSPS) is 41.8. The molecule has 0 spiro atoms. The lowest BCUT2D eigenvalue weighted by atomic mass is 9.85. The second kappa shape index (κ2) is 5.82. The molecule has 6 atom stereocenters. The van der Waals surface area contributed by atoms with E-state index in [1.165, 1.54) is 0 Å². The third kappa shape index (κ3) is 2.61. The van der Waals surface area contributed by atoms with Gasteiger partial charge in [0.05, 0.1) is 24.9 Å². The van der Waals surface area contributed by atoms with Crippen LogP contribution in [0.15, 0.2) is 30.3 Å². The van der Waals surface area contributed by atoms with E-state index in [2.05, 4.69) is 6.92 Å². The molecule has 1 aromatic carbocycles. The van der Waals surface area contributed by atoms with Crippen LogP contribution < -0.4 is 5.73 Å². The molecule has 20 heavy (non-hydrogen) atoms. The molecule has 2 saturated heterocycles. The van der Waals surface area contributed by atoms with Crippen LogP contribution in [0.4, 0.5) is 0 Å². The molecule has 4 nitrogen and oxygen atoms in total. The first-order valence-electron chi connectivity index (χ1n) is 7.40. The molecule has 3 unspecified atom stereocenters. The van der Waals surface area contributed by atoms with Crippen molar-refractivity contribution in [1.82, 2.24) is 0 Å². The predicted octanol–water partition coefficient (Wildman–Crippen LogP) is 2.24. The van der Waals surface area contributed by atoms with E-state index in [0.717, 1.165) is 12.0 Å². The Morgan fingerprint density at radius 2 is 1.85 bits per heavy atom. The molecule has 0 amide bonds. The Bertz CT molecular complexity index is 439. The van der Waals surface area contributed by atoms with Crippen molar-refractivity contribution in [3.8, 4) is 0 Å². The van der Waals surface area contributed by atoms with Crippen LogP contribution in [0, 0.1) is 5.92 Å². The minimum absolute atomic E-state index is 0.00535. The fraction of sp³-hybridized carbons (Fsp3) is 0.625. The Labute approximate surface area is 120 Å². The lowest BCUT2D eigenvalue weighted by molar-refractivity contribution is -0.215. The first-order chi connectivity index (χ1) is 9.66. The maximum absolute atomic E-state index is 6.22. The highest BCUT2D eigenvalue weighted by molar-refractivity contribution is 5.16. The van der Waals surface area contributed by atoms with Crippen LogP contribution >= 0.6 is 0 Å². The summed E-state index contributed by atoms with van der Waals surface area (Å²) in [5.41, 5.74) is 7.27. The monoisotopic (exact) mass is 277 g/mol. The first kappa shape index (κ1) is 14.0. The van der Waals surface area contributed by atoms with Gasteiger partial charge in [-0.2, -0.15) is 0 Å². The fourth-order valence-electron chi connectivity index (χ4n) is 3.13. The van der Waals surface area contributed by atoms with Gasteiger partial charge in [0.1, 0.15) is 0 Å². The molecular formula is C16H23NO3. The molecular weight excluding hydrogens is 254 g/mol. The zero-order valence-electron chi connectivity index (χ0n) is 12.1. The van der Waals surface area contributed by atoms with Gasteiger partial charge < -0.3 is 19.9 Å². The van der Waals surface area contributed by atoms with Gasteiger partial charge in [0.15, 0.2) is 6.29 Å². The van der Waals surface area contributed by atoms with Gasteiger partial charge in [-0.1, -0.05) is 37.3 Å². The van der Waals surface area contributed by atoms with E-state index < -0.39 is 0 Å². The van der Waals surface area contributed by atoms with Crippen LogP contribution in [0.25, 0.3) is 0 Å². The number of hydrogen-bond acceptors (Lipinski definition) is 4. The number of nitrogens with two attached hydrogens (primary N) is 1. The van der Waals surface area contributed by atoms with Gasteiger partial charge in [-0.3, -0.25) is 0 Å². The van der Waals surface area contributed by atoms with Gasteiger partial charge in [-0.25, -0.2) is 0 Å². The second-order valence-corrected chi connectivity index (χ2v) is 5.82. The predicted molar refractivity (Wildman–Crippen MR) is 76.1 cm³/mol. The molecule has 1 aromatic rings. The first-order valence-corrected chi connectivity index (χ1v) is 7.40. The summed E-state index contributed by atoms with van der Waals surface area (Å²) >= 11 is 0. The van der Waals surface area contributed by atoms with E-state index >= 15 is 0 Å². The van der Waals surface area contributed by atoms with Gasteiger partial charge in [0, 0.05) is 17.5 Å². The Morgan fingerprint density at radius 3 is 2.60 bits per heavy atom. The Balaban J connectivity index is 1.80. The van der Waals surface area contributed by atoms with Crippen molar-refractivity contribution in [3.05, 3.63) is 35.9 Å². The quantitative estimate of drug-likeness (QED) is 0.855. The number of fused-ring (bicyclic) bond motifs is 1. The summed E-state index contributed by atoms with van der Waals surface area (Å²) in [7, 11) is 0. The van der Waals surface area contributed by atoms with E-state index in [9.17, 15) is 0 Å². The SMILES string of the molecule is CC1[C@@H]2OC(c3ccccc3)OCCC2O[C@H](C)[C@H]1N. The van der Waals surface area contributed by atoms with Crippen molar-refractivity contribution in [2.24, 2.45) is 11.7 Å². The molecule has 2 N–H and O–H groups in total. The molecule has 0 bridgehead atoms. The summed E-state index contributed by atoms with van der Waals surface area (Å²) < 4.78 is 18.1. The molecule has 4 heteroatoms. The minimum Gasteiger partial charge on any atom is -0.371 e. The van der Waals surface area contributed by atoms with Crippen LogP contribution in [-0.4, -0.2) is 31.0 Å². The lowest BCUT2D eigenvalue weighted by Crippen LogP contribution is -2.56. The highest BCUT2D eigenvalue weighted by Gasteiger charge is 2.43. The molecule has 2 aliphatic heterocycles. The highest BCUT2D eigenvalue weighted by atomic mass is 16.7. The minimum atomic E-state index is -0.321. The largest absolute Gasteiger partial charge is 0.371 e. The summed E-state index contributed by atoms with van der Waals surface area (Å²) in [4.78, 5) is 0. The smallest absolute Gasteiger partial charge is 0.184 e. The van der Waals surface area contributed by atoms with Crippen LogP contribution in [0.2, 0.25) is 0 Å². The summed E-state index contributed by atoms with van der Waals surface area (Å²) in [6.07, 6.45) is 0.679. The van der Waals surface area contributed by atoms with E-state index in [4.69, 9.17) is 19.9 Å². The van der Waals surface area contributed by atoms with E-state index in [0.29, 0.717) is 6.61 Å². The maximum Gasteiger partial charge on any atom is 0.184 e. The van der Waals surface area contributed by atoms with Crippen molar-refractivity contribution in [3.63, 3.8) is 0 Å². The zero-order valence-corrected chi connectivity index (χ0v) is 12.1. The van der Waals surface area contributed by atoms with Crippen LogP contribution in [-0.2, 0) is 14.2 Å². The second-order valence-electron chi connectivity index (χ2n) is 5.82. The van der Waals surface area contributed by atoms with Crippen molar-refractivity contribution < 1.29 is 14.2 Å². The molecule has 2 aliphatic rings. The fourth-order valence-corrected chi connectivity index (χ4v) is 3.13. The Hall–Kier alpha value is -0.940. The summed E-state index contributed by atoms with van der Waals surface area (Å²) in [6.45, 7) is 4.84. The van der Waals surface area contributed by atoms with Crippen LogP contribution in [0.5, 0.6) is 0 Å². The molecule has 3 rings (SSSR count).